The number of hydrogen-bond donors (Lipinski definition) is 3. The van der Waals surface area contributed by atoms with Crippen molar-refractivity contribution in [2.24, 2.45) is 0 Å². The van der Waals surface area contributed by atoms with Crippen molar-refractivity contribution < 1.29 is 9.59 Å². The van der Waals surface area contributed by atoms with E-state index in [0.29, 0.717) is 11.3 Å². The van der Waals surface area contributed by atoms with Crippen LogP contribution in [0.4, 0.5) is 5.69 Å². The van der Waals surface area contributed by atoms with Crippen LogP contribution in [0.25, 0.3) is 0 Å². The van der Waals surface area contributed by atoms with E-state index >= 15 is 0 Å². The van der Waals surface area contributed by atoms with E-state index in [1.54, 1.807) is 24.3 Å². The zero-order chi connectivity index (χ0) is 15.5. The molecule has 2 amide bonds. The summed E-state index contributed by atoms with van der Waals surface area (Å²) in [6.07, 6.45) is 1.88. The molecule has 2 rings (SSSR count). The molecule has 1 heterocycles. The number of hydrogen-bond acceptors (Lipinski definition) is 3. The van der Waals surface area contributed by atoms with Gasteiger partial charge in [0.15, 0.2) is 0 Å². The Kier molecular flexibility index (Phi) is 4.63. The van der Waals surface area contributed by atoms with E-state index in [9.17, 15) is 9.59 Å². The molecule has 1 aromatic carbocycles. The van der Waals surface area contributed by atoms with E-state index in [4.69, 9.17) is 0 Å². The summed E-state index contributed by atoms with van der Waals surface area (Å²) >= 11 is 0. The minimum atomic E-state index is -0.288. The number of carbonyl (C=O) groups excluding carboxylic acids is 2. The van der Waals surface area contributed by atoms with Crippen LogP contribution in [-0.2, 0) is 4.79 Å². The maximum atomic E-state index is 12.1. The molecule has 1 unspecified atom stereocenters. The third kappa shape index (κ3) is 4.56. The second-order valence-electron chi connectivity index (χ2n) is 6.42. The van der Waals surface area contributed by atoms with Crippen LogP contribution in [0.1, 0.15) is 44.0 Å². The summed E-state index contributed by atoms with van der Waals surface area (Å²) < 4.78 is 0. The van der Waals surface area contributed by atoms with Gasteiger partial charge >= 0.3 is 0 Å². The lowest BCUT2D eigenvalue weighted by Gasteiger charge is -2.20. The third-order valence-electron chi connectivity index (χ3n) is 3.26. The molecule has 0 aromatic heterocycles. The fraction of sp³-hybridized carbons (Fsp3) is 0.500. The highest BCUT2D eigenvalue weighted by atomic mass is 16.2. The van der Waals surface area contributed by atoms with Gasteiger partial charge in [0.05, 0.1) is 6.04 Å². The highest BCUT2D eigenvalue weighted by molar-refractivity contribution is 5.98. The van der Waals surface area contributed by atoms with Gasteiger partial charge in [0.2, 0.25) is 5.91 Å². The van der Waals surface area contributed by atoms with Gasteiger partial charge in [-0.1, -0.05) is 6.07 Å². The Labute approximate surface area is 125 Å². The van der Waals surface area contributed by atoms with Crippen LogP contribution in [0.5, 0.6) is 0 Å². The molecular formula is C16H23N3O2. The molecule has 1 fully saturated rings. The highest BCUT2D eigenvalue weighted by Gasteiger charge is 2.22. The molecule has 1 aliphatic heterocycles. The van der Waals surface area contributed by atoms with Crippen molar-refractivity contribution in [3.8, 4) is 0 Å². The van der Waals surface area contributed by atoms with Crippen LogP contribution in [0.3, 0.4) is 0 Å². The summed E-state index contributed by atoms with van der Waals surface area (Å²) in [6.45, 7) is 6.68. The van der Waals surface area contributed by atoms with Crippen LogP contribution in [-0.4, -0.2) is 29.9 Å². The average molecular weight is 289 g/mol. The Morgan fingerprint density at radius 1 is 1.29 bits per heavy atom. The molecule has 0 saturated carbocycles. The van der Waals surface area contributed by atoms with Gasteiger partial charge < -0.3 is 16.0 Å². The van der Waals surface area contributed by atoms with E-state index in [-0.39, 0.29) is 23.4 Å². The number of amides is 2. The van der Waals surface area contributed by atoms with Crippen molar-refractivity contribution in [3.05, 3.63) is 29.8 Å². The Balaban J connectivity index is 2.03. The van der Waals surface area contributed by atoms with Gasteiger partial charge in [-0.25, -0.2) is 0 Å². The molecule has 21 heavy (non-hydrogen) atoms. The lowest BCUT2D eigenvalue weighted by atomic mass is 10.1. The summed E-state index contributed by atoms with van der Waals surface area (Å²) in [5.74, 6) is -0.182. The number of anilines is 1. The SMILES string of the molecule is CC(C)(C)NC(=O)c1cccc(NC(=O)C2CCCN2)c1. The van der Waals surface area contributed by atoms with Crippen LogP contribution in [0.2, 0.25) is 0 Å². The first-order chi connectivity index (χ1) is 9.85. The molecule has 1 atom stereocenters. The predicted molar refractivity (Wildman–Crippen MR) is 83.3 cm³/mol. The fourth-order valence-corrected chi connectivity index (χ4v) is 2.29. The zero-order valence-electron chi connectivity index (χ0n) is 12.8. The lowest BCUT2D eigenvalue weighted by Crippen LogP contribution is -2.40. The van der Waals surface area contributed by atoms with Crippen molar-refractivity contribution in [1.82, 2.24) is 10.6 Å². The van der Waals surface area contributed by atoms with E-state index in [1.165, 1.54) is 0 Å². The van der Waals surface area contributed by atoms with Crippen molar-refractivity contribution in [2.45, 2.75) is 45.2 Å². The quantitative estimate of drug-likeness (QED) is 0.796. The number of nitrogens with one attached hydrogen (secondary N) is 3. The Hall–Kier alpha value is -1.88. The number of rotatable bonds is 3. The molecule has 1 aliphatic rings. The predicted octanol–water partition coefficient (Wildman–Crippen LogP) is 1.91. The first-order valence-corrected chi connectivity index (χ1v) is 7.32. The molecule has 0 aliphatic carbocycles. The Bertz CT molecular complexity index is 529. The second-order valence-corrected chi connectivity index (χ2v) is 6.42. The summed E-state index contributed by atoms with van der Waals surface area (Å²) in [5, 5.41) is 8.92. The molecule has 5 heteroatoms. The largest absolute Gasteiger partial charge is 0.347 e. The van der Waals surface area contributed by atoms with E-state index in [0.717, 1.165) is 19.4 Å². The molecule has 1 aromatic rings. The lowest BCUT2D eigenvalue weighted by molar-refractivity contribution is -0.117. The van der Waals surface area contributed by atoms with Gasteiger partial charge in [0.25, 0.3) is 5.91 Å². The molecule has 114 valence electrons. The standard InChI is InChI=1S/C16H23N3O2/c1-16(2,3)19-14(20)11-6-4-7-12(10-11)18-15(21)13-8-5-9-17-13/h4,6-7,10,13,17H,5,8-9H2,1-3H3,(H,18,21)(H,19,20). The van der Waals surface area contributed by atoms with Gasteiger partial charge in [-0.3, -0.25) is 9.59 Å². The monoisotopic (exact) mass is 289 g/mol. The molecule has 5 nitrogen and oxygen atoms in total. The number of carbonyl (C=O) groups is 2. The van der Waals surface area contributed by atoms with Crippen LogP contribution in [0, 0.1) is 0 Å². The van der Waals surface area contributed by atoms with Gasteiger partial charge in [-0.15, -0.1) is 0 Å². The van der Waals surface area contributed by atoms with Crippen molar-refractivity contribution in [3.63, 3.8) is 0 Å². The maximum absolute atomic E-state index is 12.1. The maximum Gasteiger partial charge on any atom is 0.251 e. The van der Waals surface area contributed by atoms with Crippen LogP contribution < -0.4 is 16.0 Å². The van der Waals surface area contributed by atoms with Gasteiger partial charge in [-0.05, 0) is 58.4 Å². The zero-order valence-corrected chi connectivity index (χ0v) is 12.8. The molecule has 3 N–H and O–H groups in total. The van der Waals surface area contributed by atoms with Gasteiger partial charge in [-0.2, -0.15) is 0 Å². The van der Waals surface area contributed by atoms with Crippen molar-refractivity contribution in [2.75, 3.05) is 11.9 Å². The molecular weight excluding hydrogens is 266 g/mol. The first-order valence-electron chi connectivity index (χ1n) is 7.32. The topological polar surface area (TPSA) is 70.2 Å². The Morgan fingerprint density at radius 2 is 2.05 bits per heavy atom. The fourth-order valence-electron chi connectivity index (χ4n) is 2.29. The van der Waals surface area contributed by atoms with Crippen LogP contribution in [0.15, 0.2) is 24.3 Å². The number of benzene rings is 1. The smallest absolute Gasteiger partial charge is 0.251 e. The molecule has 0 bridgehead atoms. The average Bonchev–Trinajstić information content (AvgIpc) is 2.91. The van der Waals surface area contributed by atoms with Crippen molar-refractivity contribution >= 4 is 17.5 Å². The Morgan fingerprint density at radius 3 is 2.67 bits per heavy atom. The van der Waals surface area contributed by atoms with Gasteiger partial charge in [0.1, 0.15) is 0 Å². The first kappa shape index (κ1) is 15.5. The normalized spacial score (nSPS) is 18.3. The van der Waals surface area contributed by atoms with Gasteiger partial charge in [0, 0.05) is 16.8 Å². The minimum Gasteiger partial charge on any atom is -0.347 e. The summed E-state index contributed by atoms with van der Waals surface area (Å²) in [4.78, 5) is 24.2. The second kappa shape index (κ2) is 6.26. The summed E-state index contributed by atoms with van der Waals surface area (Å²) in [6, 6.07) is 6.88. The minimum absolute atomic E-state index is 0.0409. The molecule has 0 spiro atoms. The summed E-state index contributed by atoms with van der Waals surface area (Å²) in [5.41, 5.74) is 0.904. The van der Waals surface area contributed by atoms with Crippen molar-refractivity contribution in [1.29, 1.82) is 0 Å². The molecule has 1 saturated heterocycles. The summed E-state index contributed by atoms with van der Waals surface area (Å²) in [7, 11) is 0. The third-order valence-corrected chi connectivity index (χ3v) is 3.26. The van der Waals surface area contributed by atoms with E-state index < -0.39 is 0 Å². The van der Waals surface area contributed by atoms with Crippen LogP contribution >= 0.6 is 0 Å². The molecule has 0 radical (unpaired) electrons. The van der Waals surface area contributed by atoms with E-state index in [2.05, 4.69) is 16.0 Å². The highest BCUT2D eigenvalue weighted by Crippen LogP contribution is 2.14. The van der Waals surface area contributed by atoms with E-state index in [1.807, 2.05) is 20.8 Å².